The van der Waals surface area contributed by atoms with E-state index in [4.69, 9.17) is 9.52 Å². The number of benzene rings is 1. The lowest BCUT2D eigenvalue weighted by molar-refractivity contribution is 0.251. The molecule has 0 fully saturated rings. The molecule has 1 N–H and O–H groups in total. The van der Waals surface area contributed by atoms with Crippen LogP contribution in [0.2, 0.25) is 0 Å². The maximum Gasteiger partial charge on any atom is 0.134 e. The molecule has 0 amide bonds. The van der Waals surface area contributed by atoms with Gasteiger partial charge in [-0.25, -0.2) is 0 Å². The third kappa shape index (κ3) is 2.03. The van der Waals surface area contributed by atoms with E-state index < -0.39 is 0 Å². The van der Waals surface area contributed by atoms with E-state index in [1.807, 2.05) is 32.3 Å². The summed E-state index contributed by atoms with van der Waals surface area (Å²) in [5, 5.41) is 10.1. The molecule has 0 spiro atoms. The van der Waals surface area contributed by atoms with Gasteiger partial charge < -0.3 is 14.4 Å². The molecule has 0 saturated carbocycles. The fraction of sp³-hybridized carbons (Fsp3) is 0.333. The van der Waals surface area contributed by atoms with Crippen molar-refractivity contribution in [2.75, 3.05) is 14.1 Å². The van der Waals surface area contributed by atoms with Gasteiger partial charge in [0.1, 0.15) is 18.0 Å². The van der Waals surface area contributed by atoms with Gasteiger partial charge >= 0.3 is 0 Å². The van der Waals surface area contributed by atoms with Gasteiger partial charge in [0.2, 0.25) is 0 Å². The predicted molar refractivity (Wildman–Crippen MR) is 59.5 cm³/mol. The highest BCUT2D eigenvalue weighted by Crippen LogP contribution is 2.23. The molecule has 0 bridgehead atoms. The van der Waals surface area contributed by atoms with Crippen LogP contribution in [0.4, 0.5) is 0 Å². The molecule has 1 aromatic carbocycles. The third-order valence-electron chi connectivity index (χ3n) is 2.35. The number of hydrogen-bond donors (Lipinski definition) is 1. The highest BCUT2D eigenvalue weighted by atomic mass is 16.4. The third-order valence-corrected chi connectivity index (χ3v) is 2.35. The highest BCUT2D eigenvalue weighted by Gasteiger charge is 2.07. The van der Waals surface area contributed by atoms with Crippen LogP contribution < -0.4 is 0 Å². The maximum atomic E-state index is 9.01. The largest absolute Gasteiger partial charge is 0.459 e. The number of furan rings is 1. The molecule has 0 unspecified atom stereocenters. The molecule has 0 radical (unpaired) electrons. The minimum atomic E-state index is -0.0456. The second-order valence-electron chi connectivity index (χ2n) is 3.94. The topological polar surface area (TPSA) is 36.6 Å². The first kappa shape index (κ1) is 10.2. The fourth-order valence-electron chi connectivity index (χ4n) is 1.73. The Morgan fingerprint density at radius 3 is 2.80 bits per heavy atom. The molecular weight excluding hydrogens is 190 g/mol. The number of hydrogen-bond acceptors (Lipinski definition) is 3. The summed E-state index contributed by atoms with van der Waals surface area (Å²) in [6.45, 7) is 0.831. The van der Waals surface area contributed by atoms with Crippen LogP contribution in [0.1, 0.15) is 11.3 Å². The molecule has 0 saturated heterocycles. The molecular formula is C12H15NO2. The minimum absolute atomic E-state index is 0.0456. The Balaban J connectivity index is 2.49. The van der Waals surface area contributed by atoms with Crippen molar-refractivity contribution in [2.24, 2.45) is 0 Å². The van der Waals surface area contributed by atoms with Crippen molar-refractivity contribution in [2.45, 2.75) is 13.2 Å². The molecule has 1 aromatic heterocycles. The summed E-state index contributed by atoms with van der Waals surface area (Å²) in [6, 6.07) is 7.90. The number of fused-ring (bicyclic) bond motifs is 1. The van der Waals surface area contributed by atoms with Crippen LogP contribution in [0.15, 0.2) is 28.7 Å². The Hall–Kier alpha value is -1.32. The lowest BCUT2D eigenvalue weighted by Gasteiger charge is -2.09. The summed E-state index contributed by atoms with van der Waals surface area (Å²) in [6.07, 6.45) is 0. The van der Waals surface area contributed by atoms with E-state index in [9.17, 15) is 0 Å². The van der Waals surface area contributed by atoms with Gasteiger partial charge in [-0.15, -0.1) is 0 Å². The van der Waals surface area contributed by atoms with E-state index in [0.717, 1.165) is 17.5 Å². The van der Waals surface area contributed by atoms with Crippen LogP contribution in [0, 0.1) is 0 Å². The Morgan fingerprint density at radius 2 is 2.13 bits per heavy atom. The molecule has 1 heterocycles. The van der Waals surface area contributed by atoms with Crippen LogP contribution in [0.25, 0.3) is 11.0 Å². The highest BCUT2D eigenvalue weighted by molar-refractivity contribution is 5.81. The molecule has 3 nitrogen and oxygen atoms in total. The van der Waals surface area contributed by atoms with Gasteiger partial charge in [-0.3, -0.25) is 0 Å². The van der Waals surface area contributed by atoms with Gasteiger partial charge in [0.25, 0.3) is 0 Å². The summed E-state index contributed by atoms with van der Waals surface area (Å²) < 4.78 is 5.47. The molecule has 2 rings (SSSR count). The van der Waals surface area contributed by atoms with Gasteiger partial charge in [0.15, 0.2) is 0 Å². The predicted octanol–water partition coefficient (Wildman–Crippen LogP) is 1.99. The zero-order valence-electron chi connectivity index (χ0n) is 9.03. The quantitative estimate of drug-likeness (QED) is 0.832. The SMILES string of the molecule is CN(C)Cc1cccc2oc(CO)cc12. The summed E-state index contributed by atoms with van der Waals surface area (Å²) >= 11 is 0. The minimum Gasteiger partial charge on any atom is -0.459 e. The smallest absolute Gasteiger partial charge is 0.134 e. The monoisotopic (exact) mass is 205 g/mol. The summed E-state index contributed by atoms with van der Waals surface area (Å²) in [4.78, 5) is 2.11. The van der Waals surface area contributed by atoms with E-state index in [-0.39, 0.29) is 6.61 Å². The van der Waals surface area contributed by atoms with E-state index >= 15 is 0 Å². The molecule has 0 atom stereocenters. The first-order chi connectivity index (χ1) is 7.20. The Labute approximate surface area is 88.9 Å². The number of aliphatic hydroxyl groups is 1. The van der Waals surface area contributed by atoms with Gasteiger partial charge in [0, 0.05) is 11.9 Å². The molecule has 0 aliphatic carbocycles. The van der Waals surface area contributed by atoms with E-state index in [0.29, 0.717) is 5.76 Å². The second kappa shape index (κ2) is 4.04. The Bertz CT molecular complexity index is 460. The average molecular weight is 205 g/mol. The Morgan fingerprint density at radius 1 is 1.33 bits per heavy atom. The molecule has 3 heteroatoms. The first-order valence-corrected chi connectivity index (χ1v) is 4.96. The van der Waals surface area contributed by atoms with Crippen molar-refractivity contribution in [3.63, 3.8) is 0 Å². The van der Waals surface area contributed by atoms with Crippen molar-refractivity contribution in [3.05, 3.63) is 35.6 Å². The normalized spacial score (nSPS) is 11.5. The van der Waals surface area contributed by atoms with E-state index in [2.05, 4.69) is 11.0 Å². The van der Waals surface area contributed by atoms with Crippen molar-refractivity contribution in [1.82, 2.24) is 4.90 Å². The van der Waals surface area contributed by atoms with Crippen LogP contribution in [-0.4, -0.2) is 24.1 Å². The number of aliphatic hydroxyl groups excluding tert-OH is 1. The van der Waals surface area contributed by atoms with Crippen molar-refractivity contribution < 1.29 is 9.52 Å². The van der Waals surface area contributed by atoms with Crippen LogP contribution in [-0.2, 0) is 13.2 Å². The molecule has 0 aliphatic heterocycles. The van der Waals surface area contributed by atoms with Crippen molar-refractivity contribution >= 4 is 11.0 Å². The lowest BCUT2D eigenvalue weighted by atomic mass is 10.1. The maximum absolute atomic E-state index is 9.01. The Kier molecular flexibility index (Phi) is 2.75. The number of nitrogens with zero attached hydrogens (tertiary/aromatic N) is 1. The summed E-state index contributed by atoms with van der Waals surface area (Å²) in [7, 11) is 4.07. The van der Waals surface area contributed by atoms with Crippen molar-refractivity contribution in [3.8, 4) is 0 Å². The van der Waals surface area contributed by atoms with Gasteiger partial charge in [-0.2, -0.15) is 0 Å². The standard InChI is InChI=1S/C12H15NO2/c1-13(2)7-9-4-3-5-12-11(9)6-10(8-14)15-12/h3-6,14H,7-8H2,1-2H3. The van der Waals surface area contributed by atoms with Gasteiger partial charge in [0.05, 0.1) is 0 Å². The van der Waals surface area contributed by atoms with Crippen LogP contribution in [0.3, 0.4) is 0 Å². The van der Waals surface area contributed by atoms with E-state index in [1.54, 1.807) is 0 Å². The molecule has 0 aliphatic rings. The first-order valence-electron chi connectivity index (χ1n) is 4.96. The molecule has 80 valence electrons. The van der Waals surface area contributed by atoms with Gasteiger partial charge in [-0.05, 0) is 31.8 Å². The zero-order valence-corrected chi connectivity index (χ0v) is 9.03. The van der Waals surface area contributed by atoms with Gasteiger partial charge in [-0.1, -0.05) is 12.1 Å². The zero-order chi connectivity index (χ0) is 10.8. The molecule has 15 heavy (non-hydrogen) atoms. The fourth-order valence-corrected chi connectivity index (χ4v) is 1.73. The van der Waals surface area contributed by atoms with Crippen molar-refractivity contribution in [1.29, 1.82) is 0 Å². The summed E-state index contributed by atoms with van der Waals surface area (Å²) in [5.41, 5.74) is 2.07. The molecule has 2 aromatic rings. The number of rotatable bonds is 3. The van der Waals surface area contributed by atoms with Crippen LogP contribution >= 0.6 is 0 Å². The average Bonchev–Trinajstić information content (AvgIpc) is 2.61. The summed E-state index contributed by atoms with van der Waals surface area (Å²) in [5.74, 6) is 0.621. The second-order valence-corrected chi connectivity index (χ2v) is 3.94. The lowest BCUT2D eigenvalue weighted by Crippen LogP contribution is -2.10. The van der Waals surface area contributed by atoms with Crippen LogP contribution in [0.5, 0.6) is 0 Å². The van der Waals surface area contributed by atoms with E-state index in [1.165, 1.54) is 5.56 Å².